The van der Waals surface area contributed by atoms with Crippen LogP contribution in [-0.4, -0.2) is 57.2 Å². The highest BCUT2D eigenvalue weighted by Gasteiger charge is 2.31. The summed E-state index contributed by atoms with van der Waals surface area (Å²) in [5.41, 5.74) is 1.17. The van der Waals surface area contributed by atoms with E-state index in [2.05, 4.69) is 10.4 Å². The first kappa shape index (κ1) is 24.0. The largest absolute Gasteiger partial charge is 0.460 e. The van der Waals surface area contributed by atoms with E-state index in [1.807, 2.05) is 4.90 Å². The number of rotatable bonds is 5. The number of amides is 2. The molecule has 0 bridgehead atoms. The van der Waals surface area contributed by atoms with Gasteiger partial charge in [0.1, 0.15) is 29.2 Å². The zero-order valence-electron chi connectivity index (χ0n) is 20.2. The third kappa shape index (κ3) is 4.69. The van der Waals surface area contributed by atoms with Crippen molar-refractivity contribution in [2.75, 3.05) is 29.9 Å². The molecule has 0 radical (unpaired) electrons. The number of ether oxygens (including phenoxy) is 1. The van der Waals surface area contributed by atoms with Crippen LogP contribution < -0.4 is 10.2 Å². The van der Waals surface area contributed by atoms with Gasteiger partial charge >= 0.3 is 12.0 Å². The Morgan fingerprint density at radius 3 is 2.81 bits per heavy atom. The lowest BCUT2D eigenvalue weighted by Crippen LogP contribution is -2.34. The molecule has 9 nitrogen and oxygen atoms in total. The summed E-state index contributed by atoms with van der Waals surface area (Å²) >= 11 is 0. The number of halogens is 2. The van der Waals surface area contributed by atoms with Gasteiger partial charge in [0, 0.05) is 31.3 Å². The molecule has 2 atom stereocenters. The van der Waals surface area contributed by atoms with E-state index in [-0.39, 0.29) is 30.1 Å². The van der Waals surface area contributed by atoms with Gasteiger partial charge in [0.15, 0.2) is 5.65 Å². The Morgan fingerprint density at radius 2 is 2.00 bits per heavy atom. The van der Waals surface area contributed by atoms with Gasteiger partial charge in [0.2, 0.25) is 0 Å². The normalized spacial score (nSPS) is 19.9. The number of carbonyl (C=O) groups excluding carboxylic acids is 2. The first-order valence-electron chi connectivity index (χ1n) is 12.1. The van der Waals surface area contributed by atoms with Gasteiger partial charge in [0.05, 0.1) is 24.7 Å². The number of esters is 1. The van der Waals surface area contributed by atoms with Crippen LogP contribution in [-0.2, 0) is 9.53 Å². The van der Waals surface area contributed by atoms with Gasteiger partial charge in [-0.3, -0.25) is 4.79 Å². The molecule has 11 heteroatoms. The molecule has 36 heavy (non-hydrogen) atoms. The highest BCUT2D eigenvalue weighted by Crippen LogP contribution is 2.37. The average Bonchev–Trinajstić information content (AvgIpc) is 3.60. The van der Waals surface area contributed by atoms with E-state index in [1.54, 1.807) is 35.5 Å². The standard InChI is InChI=1S/C25H28F2N6O3/c1-15(2)24(34)36-17-7-10-31(14-17)25(35)29-20-13-28-33-11-8-22(30-23(20)33)32-9-3-4-21(32)18-12-16(26)5-6-19(18)27/h5-6,8,11-13,15,17,21H,3-4,7,9-10,14H2,1-2H3,(H,29,35)/t17-,21+/m0/s1. The highest BCUT2D eigenvalue weighted by molar-refractivity contribution is 5.93. The molecular formula is C25H28F2N6O3. The number of nitrogens with one attached hydrogen (secondary N) is 1. The highest BCUT2D eigenvalue weighted by atomic mass is 19.1. The van der Waals surface area contributed by atoms with Crippen LogP contribution in [0.2, 0.25) is 0 Å². The minimum Gasteiger partial charge on any atom is -0.460 e. The van der Waals surface area contributed by atoms with Crippen molar-refractivity contribution in [2.24, 2.45) is 5.92 Å². The van der Waals surface area contributed by atoms with Crippen LogP contribution >= 0.6 is 0 Å². The third-order valence-electron chi connectivity index (χ3n) is 6.65. The second kappa shape index (κ2) is 9.71. The van der Waals surface area contributed by atoms with Crippen LogP contribution in [0.1, 0.15) is 44.7 Å². The third-order valence-corrected chi connectivity index (χ3v) is 6.65. The van der Waals surface area contributed by atoms with E-state index in [0.29, 0.717) is 55.2 Å². The minimum absolute atomic E-state index is 0.223. The smallest absolute Gasteiger partial charge is 0.322 e. The Morgan fingerprint density at radius 1 is 1.17 bits per heavy atom. The molecule has 2 saturated heterocycles. The summed E-state index contributed by atoms with van der Waals surface area (Å²) in [7, 11) is 0. The quantitative estimate of drug-likeness (QED) is 0.532. The van der Waals surface area contributed by atoms with Crippen LogP contribution in [0, 0.1) is 17.6 Å². The van der Waals surface area contributed by atoms with Gasteiger partial charge in [-0.15, -0.1) is 0 Å². The minimum atomic E-state index is -0.481. The summed E-state index contributed by atoms with van der Waals surface area (Å²) < 4.78 is 35.3. The number of hydrogen-bond acceptors (Lipinski definition) is 6. The molecule has 3 aromatic rings. The fraction of sp³-hybridized carbons (Fsp3) is 0.440. The number of carbonyl (C=O) groups is 2. The SMILES string of the molecule is CC(C)C(=O)O[C@H]1CCN(C(=O)Nc2cnn3ccc(N4CCC[C@@H]4c4cc(F)ccc4F)nc23)C1. The molecule has 0 saturated carbocycles. The van der Waals surface area contributed by atoms with Crippen molar-refractivity contribution >= 4 is 29.2 Å². The molecule has 0 aliphatic carbocycles. The molecule has 2 aliphatic heterocycles. The zero-order valence-corrected chi connectivity index (χ0v) is 20.2. The van der Waals surface area contributed by atoms with E-state index in [4.69, 9.17) is 9.72 Å². The van der Waals surface area contributed by atoms with Crippen molar-refractivity contribution in [1.82, 2.24) is 19.5 Å². The van der Waals surface area contributed by atoms with Gasteiger partial charge in [-0.1, -0.05) is 13.8 Å². The monoisotopic (exact) mass is 498 g/mol. The van der Waals surface area contributed by atoms with Gasteiger partial charge < -0.3 is 19.9 Å². The van der Waals surface area contributed by atoms with Crippen LogP contribution in [0.5, 0.6) is 0 Å². The topological polar surface area (TPSA) is 92.1 Å². The lowest BCUT2D eigenvalue weighted by Gasteiger charge is -2.26. The summed E-state index contributed by atoms with van der Waals surface area (Å²) in [4.78, 5) is 33.0. The molecule has 2 fully saturated rings. The van der Waals surface area contributed by atoms with E-state index in [1.165, 1.54) is 12.3 Å². The fourth-order valence-corrected chi connectivity index (χ4v) is 4.75. The lowest BCUT2D eigenvalue weighted by atomic mass is 10.0. The number of hydrogen-bond donors (Lipinski definition) is 1. The van der Waals surface area contributed by atoms with E-state index < -0.39 is 11.6 Å². The second-order valence-corrected chi connectivity index (χ2v) is 9.51. The second-order valence-electron chi connectivity index (χ2n) is 9.51. The van der Waals surface area contributed by atoms with Crippen molar-refractivity contribution in [3.05, 3.63) is 53.9 Å². The van der Waals surface area contributed by atoms with Gasteiger partial charge in [-0.25, -0.2) is 23.1 Å². The Bertz CT molecular complexity index is 1300. The number of urea groups is 1. The van der Waals surface area contributed by atoms with Gasteiger partial charge in [-0.05, 0) is 37.1 Å². The molecule has 2 aromatic heterocycles. The van der Waals surface area contributed by atoms with Crippen LogP contribution in [0.4, 0.5) is 25.1 Å². The number of likely N-dealkylation sites (tertiary alicyclic amines) is 1. The maximum Gasteiger partial charge on any atom is 0.322 e. The summed E-state index contributed by atoms with van der Waals surface area (Å²) in [6.07, 6.45) is 4.98. The number of aromatic nitrogens is 3. The average molecular weight is 499 g/mol. The van der Waals surface area contributed by atoms with Crippen molar-refractivity contribution in [3.8, 4) is 0 Å². The summed E-state index contributed by atoms with van der Waals surface area (Å²) in [6, 6.07) is 4.60. The van der Waals surface area contributed by atoms with Crippen molar-refractivity contribution < 1.29 is 23.1 Å². The molecular weight excluding hydrogens is 470 g/mol. The predicted octanol–water partition coefficient (Wildman–Crippen LogP) is 4.15. The Labute approximate surface area is 207 Å². The maximum absolute atomic E-state index is 14.5. The van der Waals surface area contributed by atoms with Crippen LogP contribution in [0.3, 0.4) is 0 Å². The molecule has 0 unspecified atom stereocenters. The molecule has 0 spiro atoms. The first-order valence-corrected chi connectivity index (χ1v) is 12.1. The van der Waals surface area contributed by atoms with Crippen LogP contribution in [0.15, 0.2) is 36.7 Å². The molecule has 1 N–H and O–H groups in total. The number of benzene rings is 1. The summed E-state index contributed by atoms with van der Waals surface area (Å²) in [5.74, 6) is -0.841. The maximum atomic E-state index is 14.5. The first-order chi connectivity index (χ1) is 17.3. The molecule has 2 amide bonds. The van der Waals surface area contributed by atoms with Crippen molar-refractivity contribution in [3.63, 3.8) is 0 Å². The van der Waals surface area contributed by atoms with Gasteiger partial charge in [0.25, 0.3) is 0 Å². The lowest BCUT2D eigenvalue weighted by molar-refractivity contribution is -0.152. The van der Waals surface area contributed by atoms with Crippen molar-refractivity contribution in [2.45, 2.75) is 45.3 Å². The summed E-state index contributed by atoms with van der Waals surface area (Å²) in [5, 5.41) is 7.12. The number of nitrogens with zero attached hydrogens (tertiary/aromatic N) is 5. The molecule has 1 aromatic carbocycles. The zero-order chi connectivity index (χ0) is 25.4. The van der Waals surface area contributed by atoms with Crippen LogP contribution in [0.25, 0.3) is 5.65 Å². The molecule has 4 heterocycles. The number of fused-ring (bicyclic) bond motifs is 1. The molecule has 5 rings (SSSR count). The summed E-state index contributed by atoms with van der Waals surface area (Å²) in [6.45, 7) is 4.97. The van der Waals surface area contributed by atoms with Gasteiger partial charge in [-0.2, -0.15) is 5.10 Å². The Balaban J connectivity index is 1.32. The molecule has 2 aliphatic rings. The predicted molar refractivity (Wildman–Crippen MR) is 129 cm³/mol. The Hall–Kier alpha value is -3.76. The molecule has 190 valence electrons. The van der Waals surface area contributed by atoms with E-state index >= 15 is 0 Å². The van der Waals surface area contributed by atoms with Crippen molar-refractivity contribution in [1.29, 1.82) is 0 Å². The number of anilines is 2. The Kier molecular flexibility index (Phi) is 6.46. The van der Waals surface area contributed by atoms with E-state index in [0.717, 1.165) is 18.6 Å². The fourth-order valence-electron chi connectivity index (χ4n) is 4.75. The van der Waals surface area contributed by atoms with E-state index in [9.17, 15) is 18.4 Å².